The predicted octanol–water partition coefficient (Wildman–Crippen LogP) is 3.02. The lowest BCUT2D eigenvalue weighted by Crippen LogP contribution is -2.45. The van der Waals surface area contributed by atoms with Crippen LogP contribution in [0.1, 0.15) is 26.7 Å². The van der Waals surface area contributed by atoms with Crippen LogP contribution in [-0.4, -0.2) is 29.9 Å². The van der Waals surface area contributed by atoms with Crippen molar-refractivity contribution in [2.45, 2.75) is 32.7 Å². The first-order chi connectivity index (χ1) is 9.47. The summed E-state index contributed by atoms with van der Waals surface area (Å²) in [5.74, 6) is -0.975. The van der Waals surface area contributed by atoms with Crippen LogP contribution in [0.5, 0.6) is 0 Å². The first kappa shape index (κ1) is 14.9. The minimum atomic E-state index is -0.752. The number of carbonyl (C=O) groups is 1. The van der Waals surface area contributed by atoms with Crippen molar-refractivity contribution in [1.82, 2.24) is 4.90 Å². The quantitative estimate of drug-likeness (QED) is 0.924. The number of rotatable bonds is 3. The summed E-state index contributed by atoms with van der Waals surface area (Å²) >= 11 is 0. The molecule has 0 bridgehead atoms. The Bertz CT molecular complexity index is 485. The van der Waals surface area contributed by atoms with Gasteiger partial charge in [-0.3, -0.25) is 9.69 Å². The van der Waals surface area contributed by atoms with Gasteiger partial charge in [0.25, 0.3) is 0 Å². The van der Waals surface area contributed by atoms with Gasteiger partial charge in [-0.15, -0.1) is 0 Å². The average Bonchev–Trinajstić information content (AvgIpc) is 2.42. The summed E-state index contributed by atoms with van der Waals surface area (Å²) in [5, 5.41) is 2.52. The van der Waals surface area contributed by atoms with Crippen LogP contribution >= 0.6 is 0 Å². The third-order valence-corrected chi connectivity index (χ3v) is 3.93. The van der Waals surface area contributed by atoms with Gasteiger partial charge in [-0.25, -0.2) is 8.78 Å². The molecule has 1 aromatic rings. The van der Waals surface area contributed by atoms with Crippen LogP contribution in [0.4, 0.5) is 14.5 Å². The lowest BCUT2D eigenvalue weighted by Gasteiger charge is -2.34. The maximum Gasteiger partial charge on any atom is 0.241 e. The Hall–Kier alpha value is -1.49. The normalized spacial score (nSPS) is 18.8. The van der Waals surface area contributed by atoms with Gasteiger partial charge in [0.2, 0.25) is 5.91 Å². The van der Waals surface area contributed by atoms with Gasteiger partial charge >= 0.3 is 0 Å². The SMILES string of the molecule is CC1CCN([C@H](C)C(=O)Nc2ccc(F)cc2F)CC1. The smallest absolute Gasteiger partial charge is 0.241 e. The summed E-state index contributed by atoms with van der Waals surface area (Å²) in [4.78, 5) is 14.2. The molecule has 1 N–H and O–H groups in total. The number of amides is 1. The van der Waals surface area contributed by atoms with Crippen LogP contribution in [0, 0.1) is 17.6 Å². The Kier molecular flexibility index (Phi) is 4.70. The molecule has 0 spiro atoms. The van der Waals surface area contributed by atoms with E-state index in [1.54, 1.807) is 0 Å². The maximum atomic E-state index is 13.5. The third-order valence-electron chi connectivity index (χ3n) is 3.93. The number of anilines is 1. The molecule has 1 aromatic carbocycles. The topological polar surface area (TPSA) is 32.3 Å². The lowest BCUT2D eigenvalue weighted by molar-refractivity contribution is -0.121. The number of piperidine rings is 1. The standard InChI is InChI=1S/C15H20F2N2O/c1-10-5-7-19(8-6-10)11(2)15(20)18-14-4-3-12(16)9-13(14)17/h3-4,9-11H,5-8H2,1-2H3,(H,18,20)/t11-/m1/s1. The van der Waals surface area contributed by atoms with E-state index < -0.39 is 11.6 Å². The number of likely N-dealkylation sites (tertiary alicyclic amines) is 1. The van der Waals surface area contributed by atoms with Gasteiger partial charge in [-0.05, 0) is 50.9 Å². The molecule has 3 nitrogen and oxygen atoms in total. The molecule has 1 saturated heterocycles. The van der Waals surface area contributed by atoms with E-state index in [1.807, 2.05) is 6.92 Å². The number of hydrogen-bond acceptors (Lipinski definition) is 2. The molecule has 20 heavy (non-hydrogen) atoms. The fourth-order valence-electron chi connectivity index (χ4n) is 2.41. The van der Waals surface area contributed by atoms with E-state index in [1.165, 1.54) is 6.07 Å². The number of halogens is 2. The molecular weight excluding hydrogens is 262 g/mol. The van der Waals surface area contributed by atoms with Crippen molar-refractivity contribution in [2.75, 3.05) is 18.4 Å². The van der Waals surface area contributed by atoms with Crippen LogP contribution in [0.25, 0.3) is 0 Å². The predicted molar refractivity (Wildman–Crippen MR) is 74.4 cm³/mol. The van der Waals surface area contributed by atoms with Gasteiger partial charge in [0.1, 0.15) is 11.6 Å². The molecule has 1 aliphatic heterocycles. The highest BCUT2D eigenvalue weighted by Gasteiger charge is 2.25. The monoisotopic (exact) mass is 282 g/mol. The van der Waals surface area contributed by atoms with Crippen LogP contribution in [0.15, 0.2) is 18.2 Å². The van der Waals surface area contributed by atoms with Crippen molar-refractivity contribution in [3.8, 4) is 0 Å². The fourth-order valence-corrected chi connectivity index (χ4v) is 2.41. The first-order valence-electron chi connectivity index (χ1n) is 6.97. The van der Waals surface area contributed by atoms with Gasteiger partial charge in [0, 0.05) is 6.07 Å². The highest BCUT2D eigenvalue weighted by Crippen LogP contribution is 2.20. The van der Waals surface area contributed by atoms with E-state index in [-0.39, 0.29) is 17.6 Å². The Morgan fingerprint density at radius 3 is 2.60 bits per heavy atom. The van der Waals surface area contributed by atoms with Gasteiger partial charge in [-0.1, -0.05) is 6.92 Å². The minimum absolute atomic E-state index is 0.0219. The lowest BCUT2D eigenvalue weighted by atomic mass is 9.98. The molecule has 110 valence electrons. The van der Waals surface area contributed by atoms with Gasteiger partial charge in [-0.2, -0.15) is 0 Å². The summed E-state index contributed by atoms with van der Waals surface area (Å²) in [6.07, 6.45) is 2.14. The molecule has 1 atom stereocenters. The summed E-state index contributed by atoms with van der Waals surface area (Å²) in [5.41, 5.74) is 0.0219. The van der Waals surface area contributed by atoms with Crippen molar-refractivity contribution in [2.24, 2.45) is 5.92 Å². The Labute approximate surface area is 118 Å². The second kappa shape index (κ2) is 6.31. The average molecular weight is 282 g/mol. The second-order valence-corrected chi connectivity index (χ2v) is 5.51. The second-order valence-electron chi connectivity index (χ2n) is 5.51. The number of carbonyl (C=O) groups excluding carboxylic acids is 1. The zero-order valence-corrected chi connectivity index (χ0v) is 11.8. The third kappa shape index (κ3) is 3.54. The van der Waals surface area contributed by atoms with Crippen molar-refractivity contribution in [1.29, 1.82) is 0 Å². The van der Waals surface area contributed by atoms with Crippen molar-refractivity contribution >= 4 is 11.6 Å². The highest BCUT2D eigenvalue weighted by atomic mass is 19.1. The zero-order chi connectivity index (χ0) is 14.7. The molecule has 0 saturated carbocycles. The van der Waals surface area contributed by atoms with Gasteiger partial charge in [0.15, 0.2) is 0 Å². The Morgan fingerprint density at radius 1 is 1.35 bits per heavy atom. The molecule has 2 rings (SSSR count). The molecule has 1 aliphatic rings. The number of benzene rings is 1. The summed E-state index contributed by atoms with van der Waals surface area (Å²) in [6.45, 7) is 5.77. The van der Waals surface area contributed by atoms with E-state index in [0.29, 0.717) is 5.92 Å². The largest absolute Gasteiger partial charge is 0.322 e. The molecule has 0 aromatic heterocycles. The van der Waals surface area contributed by atoms with E-state index >= 15 is 0 Å². The number of nitrogens with zero attached hydrogens (tertiary/aromatic N) is 1. The van der Waals surface area contributed by atoms with Crippen molar-refractivity contribution in [3.63, 3.8) is 0 Å². The van der Waals surface area contributed by atoms with Gasteiger partial charge in [0.05, 0.1) is 11.7 Å². The Morgan fingerprint density at radius 2 is 2.00 bits per heavy atom. The number of hydrogen-bond donors (Lipinski definition) is 1. The van der Waals surface area contributed by atoms with E-state index in [4.69, 9.17) is 0 Å². The first-order valence-corrected chi connectivity index (χ1v) is 6.97. The van der Waals surface area contributed by atoms with E-state index in [9.17, 15) is 13.6 Å². The minimum Gasteiger partial charge on any atom is -0.322 e. The summed E-state index contributed by atoms with van der Waals surface area (Å²) in [6, 6.07) is 2.83. The molecular formula is C15H20F2N2O. The fraction of sp³-hybridized carbons (Fsp3) is 0.533. The van der Waals surface area contributed by atoms with Crippen LogP contribution in [0.2, 0.25) is 0 Å². The van der Waals surface area contributed by atoms with Gasteiger partial charge < -0.3 is 5.32 Å². The van der Waals surface area contributed by atoms with Crippen LogP contribution in [0.3, 0.4) is 0 Å². The van der Waals surface area contributed by atoms with E-state index in [0.717, 1.165) is 38.1 Å². The van der Waals surface area contributed by atoms with Crippen LogP contribution in [-0.2, 0) is 4.79 Å². The zero-order valence-electron chi connectivity index (χ0n) is 11.8. The molecule has 1 fully saturated rings. The molecule has 0 unspecified atom stereocenters. The van der Waals surface area contributed by atoms with E-state index in [2.05, 4.69) is 17.1 Å². The molecule has 0 aliphatic carbocycles. The molecule has 5 heteroatoms. The van der Waals surface area contributed by atoms with Crippen LogP contribution < -0.4 is 5.32 Å². The summed E-state index contributed by atoms with van der Waals surface area (Å²) in [7, 11) is 0. The van der Waals surface area contributed by atoms with Crippen molar-refractivity contribution in [3.05, 3.63) is 29.8 Å². The molecule has 1 amide bonds. The highest BCUT2D eigenvalue weighted by molar-refractivity contribution is 5.94. The summed E-state index contributed by atoms with van der Waals surface area (Å²) < 4.78 is 26.3. The number of nitrogens with one attached hydrogen (secondary N) is 1. The maximum absolute atomic E-state index is 13.5. The molecule has 1 heterocycles. The van der Waals surface area contributed by atoms with Crippen molar-refractivity contribution < 1.29 is 13.6 Å². The molecule has 0 radical (unpaired) electrons. The Balaban J connectivity index is 1.97.